The lowest BCUT2D eigenvalue weighted by atomic mass is 9.72. The zero-order valence-electron chi connectivity index (χ0n) is 14.9. The summed E-state index contributed by atoms with van der Waals surface area (Å²) >= 11 is 0. The molecule has 3 N–H and O–H groups in total. The molecule has 1 aromatic rings. The fourth-order valence-electron chi connectivity index (χ4n) is 3.39. The number of halogens is 1. The summed E-state index contributed by atoms with van der Waals surface area (Å²) in [6.07, 6.45) is 11.0. The van der Waals surface area contributed by atoms with Gasteiger partial charge in [-0.3, -0.25) is 4.68 Å². The maximum atomic E-state index is 9.42. The van der Waals surface area contributed by atoms with E-state index >= 15 is 0 Å². The monoisotopic (exact) mass is 449 g/mol. The zero-order valence-corrected chi connectivity index (χ0v) is 17.3. The van der Waals surface area contributed by atoms with Crippen LogP contribution in [-0.2, 0) is 13.6 Å². The van der Waals surface area contributed by atoms with E-state index in [9.17, 15) is 5.11 Å². The molecule has 7 heteroatoms. The van der Waals surface area contributed by atoms with Gasteiger partial charge in [-0.15, -0.1) is 24.0 Å². The Hall–Kier alpha value is -0.830. The van der Waals surface area contributed by atoms with Gasteiger partial charge in [0.1, 0.15) is 0 Å². The summed E-state index contributed by atoms with van der Waals surface area (Å²) in [5.41, 5.74) is 1.32. The van der Waals surface area contributed by atoms with Crippen molar-refractivity contribution in [3.63, 3.8) is 0 Å². The van der Waals surface area contributed by atoms with Crippen LogP contribution >= 0.6 is 24.0 Å². The maximum Gasteiger partial charge on any atom is 0.191 e. The Morgan fingerprint density at radius 1 is 1.33 bits per heavy atom. The Balaban J connectivity index is 0.00000288. The Morgan fingerprint density at radius 3 is 2.67 bits per heavy atom. The average Bonchev–Trinajstić information content (AvgIpc) is 2.97. The highest BCUT2D eigenvalue weighted by atomic mass is 127. The van der Waals surface area contributed by atoms with Crippen molar-refractivity contribution in [1.29, 1.82) is 0 Å². The van der Waals surface area contributed by atoms with Crippen LogP contribution in [0.2, 0.25) is 0 Å². The molecule has 0 aromatic carbocycles. The highest BCUT2D eigenvalue weighted by Gasteiger charge is 2.31. The van der Waals surface area contributed by atoms with Crippen LogP contribution in [0.1, 0.15) is 51.0 Å². The van der Waals surface area contributed by atoms with Crippen LogP contribution in [0.4, 0.5) is 0 Å². The minimum Gasteiger partial charge on any atom is -0.396 e. The van der Waals surface area contributed by atoms with Crippen LogP contribution in [-0.4, -0.2) is 40.5 Å². The molecule has 0 aliphatic heterocycles. The maximum absolute atomic E-state index is 9.42. The third-order valence-corrected chi connectivity index (χ3v) is 4.71. The van der Waals surface area contributed by atoms with E-state index in [0.717, 1.165) is 31.0 Å². The number of guanidine groups is 1. The second-order valence-electron chi connectivity index (χ2n) is 6.61. The van der Waals surface area contributed by atoms with E-state index < -0.39 is 0 Å². The summed E-state index contributed by atoms with van der Waals surface area (Å²) in [5, 5.41) is 20.4. The molecule has 1 aromatic heterocycles. The van der Waals surface area contributed by atoms with Crippen LogP contribution in [0.3, 0.4) is 0 Å². The van der Waals surface area contributed by atoms with Crippen molar-refractivity contribution >= 4 is 29.9 Å². The minimum absolute atomic E-state index is 0. The van der Waals surface area contributed by atoms with Gasteiger partial charge in [0.15, 0.2) is 5.96 Å². The summed E-state index contributed by atoms with van der Waals surface area (Å²) in [6, 6.07) is 0. The number of nitrogens with zero attached hydrogens (tertiary/aromatic N) is 3. The van der Waals surface area contributed by atoms with E-state index in [1.54, 1.807) is 4.68 Å². The number of aromatic nitrogens is 2. The molecule has 0 atom stereocenters. The molecule has 1 fully saturated rings. The van der Waals surface area contributed by atoms with Crippen molar-refractivity contribution in [3.05, 3.63) is 18.0 Å². The van der Waals surface area contributed by atoms with Gasteiger partial charge in [-0.05, 0) is 31.6 Å². The topological polar surface area (TPSA) is 74.5 Å². The predicted octanol–water partition coefficient (Wildman–Crippen LogP) is 2.43. The highest BCUT2D eigenvalue weighted by molar-refractivity contribution is 14.0. The molecular formula is C17H32IN5O. The normalized spacial score (nSPS) is 17.2. The smallest absolute Gasteiger partial charge is 0.191 e. The van der Waals surface area contributed by atoms with E-state index in [-0.39, 0.29) is 36.0 Å². The minimum atomic E-state index is 0. The molecule has 0 radical (unpaired) electrons. The van der Waals surface area contributed by atoms with Gasteiger partial charge in [-0.1, -0.05) is 19.3 Å². The first-order chi connectivity index (χ1) is 11.2. The van der Waals surface area contributed by atoms with Gasteiger partial charge in [0.2, 0.25) is 0 Å². The van der Waals surface area contributed by atoms with Crippen molar-refractivity contribution in [1.82, 2.24) is 20.4 Å². The largest absolute Gasteiger partial charge is 0.396 e. The SMILES string of the molecule is CCNC(=NCc1cnn(C)c1)NCC1(CCO)CCCCC1.I. The number of aliphatic hydroxyl groups excluding tert-OH is 1. The molecule has 1 aliphatic carbocycles. The number of aryl methyl sites for hydroxylation is 1. The van der Waals surface area contributed by atoms with E-state index in [1.165, 1.54) is 32.1 Å². The van der Waals surface area contributed by atoms with Gasteiger partial charge in [0.25, 0.3) is 0 Å². The van der Waals surface area contributed by atoms with Crippen molar-refractivity contribution in [2.75, 3.05) is 19.7 Å². The Labute approximate surface area is 162 Å². The number of rotatable bonds is 7. The van der Waals surface area contributed by atoms with E-state index in [0.29, 0.717) is 6.54 Å². The lowest BCUT2D eigenvalue weighted by molar-refractivity contribution is 0.131. The van der Waals surface area contributed by atoms with Crippen molar-refractivity contribution in [3.8, 4) is 0 Å². The quantitative estimate of drug-likeness (QED) is 0.340. The number of nitrogens with one attached hydrogen (secondary N) is 2. The zero-order chi connectivity index (χ0) is 16.5. The first-order valence-corrected chi connectivity index (χ1v) is 8.78. The Morgan fingerprint density at radius 2 is 2.08 bits per heavy atom. The summed E-state index contributed by atoms with van der Waals surface area (Å²) < 4.78 is 1.80. The second-order valence-corrected chi connectivity index (χ2v) is 6.61. The molecular weight excluding hydrogens is 417 g/mol. The fourth-order valence-corrected chi connectivity index (χ4v) is 3.39. The molecule has 24 heavy (non-hydrogen) atoms. The molecule has 2 rings (SSSR count). The summed E-state index contributed by atoms with van der Waals surface area (Å²) in [5.74, 6) is 0.847. The van der Waals surface area contributed by atoms with Crippen LogP contribution in [0, 0.1) is 5.41 Å². The van der Waals surface area contributed by atoms with Gasteiger partial charge in [0.05, 0.1) is 12.7 Å². The van der Waals surface area contributed by atoms with Gasteiger partial charge < -0.3 is 15.7 Å². The lowest BCUT2D eigenvalue weighted by Crippen LogP contribution is -2.44. The van der Waals surface area contributed by atoms with E-state index in [4.69, 9.17) is 0 Å². The molecule has 0 amide bonds. The van der Waals surface area contributed by atoms with E-state index in [2.05, 4.69) is 27.6 Å². The molecule has 0 spiro atoms. The van der Waals surface area contributed by atoms with Gasteiger partial charge >= 0.3 is 0 Å². The summed E-state index contributed by atoms with van der Waals surface area (Å²) in [7, 11) is 1.92. The molecule has 0 saturated heterocycles. The van der Waals surface area contributed by atoms with Crippen LogP contribution in [0.25, 0.3) is 0 Å². The molecule has 0 bridgehead atoms. The van der Waals surface area contributed by atoms with Crippen LogP contribution < -0.4 is 10.6 Å². The van der Waals surface area contributed by atoms with Crippen molar-refractivity contribution in [2.24, 2.45) is 17.5 Å². The number of hydrogen-bond donors (Lipinski definition) is 3. The third-order valence-electron chi connectivity index (χ3n) is 4.71. The van der Waals surface area contributed by atoms with Crippen LogP contribution in [0.15, 0.2) is 17.4 Å². The summed E-state index contributed by atoms with van der Waals surface area (Å²) in [4.78, 5) is 4.65. The van der Waals surface area contributed by atoms with Crippen molar-refractivity contribution < 1.29 is 5.11 Å². The molecule has 1 saturated carbocycles. The highest BCUT2D eigenvalue weighted by Crippen LogP contribution is 2.38. The Kier molecular flexibility index (Phi) is 9.65. The van der Waals surface area contributed by atoms with Gasteiger partial charge in [0, 0.05) is 38.5 Å². The third kappa shape index (κ3) is 6.58. The lowest BCUT2D eigenvalue weighted by Gasteiger charge is -2.37. The first-order valence-electron chi connectivity index (χ1n) is 8.78. The molecule has 1 heterocycles. The Bertz CT molecular complexity index is 491. The molecule has 138 valence electrons. The predicted molar refractivity (Wildman–Crippen MR) is 109 cm³/mol. The van der Waals surface area contributed by atoms with Gasteiger partial charge in [-0.2, -0.15) is 5.10 Å². The van der Waals surface area contributed by atoms with E-state index in [1.807, 2.05) is 19.4 Å². The number of aliphatic imine (C=N–C) groups is 1. The molecule has 0 unspecified atom stereocenters. The van der Waals surface area contributed by atoms with Crippen LogP contribution in [0.5, 0.6) is 0 Å². The standard InChI is InChI=1S/C17H31N5O.HI/c1-3-18-16(19-11-15-12-21-22(2)13-15)20-14-17(9-10-23)7-5-4-6-8-17;/h12-13,23H,3-11,14H2,1-2H3,(H2,18,19,20);1H. The second kappa shape index (κ2) is 10.9. The van der Waals surface area contributed by atoms with Crippen molar-refractivity contribution in [2.45, 2.75) is 52.0 Å². The number of hydrogen-bond acceptors (Lipinski definition) is 3. The number of aliphatic hydroxyl groups is 1. The fraction of sp³-hybridized carbons (Fsp3) is 0.765. The molecule has 6 nitrogen and oxygen atoms in total. The summed E-state index contributed by atoms with van der Waals surface area (Å²) in [6.45, 7) is 4.69. The van der Waals surface area contributed by atoms with Gasteiger partial charge in [-0.25, -0.2) is 4.99 Å². The molecule has 1 aliphatic rings. The average molecular weight is 449 g/mol. The first kappa shape index (κ1) is 21.2.